The van der Waals surface area contributed by atoms with Gasteiger partial charge in [-0.25, -0.2) is 13.2 Å². The summed E-state index contributed by atoms with van der Waals surface area (Å²) >= 11 is 1.37. The minimum atomic E-state index is -3.93. The lowest BCUT2D eigenvalue weighted by molar-refractivity contribution is 0.0601. The van der Waals surface area contributed by atoms with Crippen LogP contribution in [0.15, 0.2) is 41.3 Å². The number of amides is 1. The van der Waals surface area contributed by atoms with Gasteiger partial charge in [-0.3, -0.25) is 9.52 Å². The molecule has 1 heterocycles. The molecule has 7 nitrogen and oxygen atoms in total. The Kier molecular flexibility index (Phi) is 6.51. The monoisotopic (exact) mass is 498 g/mol. The molecule has 0 atom stereocenters. The van der Waals surface area contributed by atoms with Crippen LogP contribution in [0.25, 0.3) is 0 Å². The van der Waals surface area contributed by atoms with Crippen LogP contribution in [-0.4, -0.2) is 27.4 Å². The maximum absolute atomic E-state index is 13.2. The van der Waals surface area contributed by atoms with Crippen molar-refractivity contribution >= 4 is 43.9 Å². The molecule has 4 rings (SSSR count). The number of esters is 1. The van der Waals surface area contributed by atoms with Crippen molar-refractivity contribution in [1.29, 1.82) is 0 Å². The van der Waals surface area contributed by atoms with Gasteiger partial charge in [-0.05, 0) is 86.6 Å². The van der Waals surface area contributed by atoms with Crippen LogP contribution >= 0.6 is 11.3 Å². The Morgan fingerprint density at radius 2 is 1.71 bits per heavy atom. The quantitative estimate of drug-likeness (QED) is 0.466. The van der Waals surface area contributed by atoms with Gasteiger partial charge in [0.15, 0.2) is 0 Å². The Labute approximate surface area is 203 Å². The van der Waals surface area contributed by atoms with Crippen LogP contribution in [0, 0.1) is 20.8 Å². The van der Waals surface area contributed by atoms with Gasteiger partial charge in [-0.1, -0.05) is 12.1 Å². The first-order valence-corrected chi connectivity index (χ1v) is 13.1. The molecule has 0 bridgehead atoms. The van der Waals surface area contributed by atoms with Crippen LogP contribution in [0.5, 0.6) is 0 Å². The molecule has 1 aromatic heterocycles. The number of hydrogen-bond acceptors (Lipinski definition) is 6. The van der Waals surface area contributed by atoms with Crippen molar-refractivity contribution in [3.05, 3.63) is 74.7 Å². The second-order valence-corrected chi connectivity index (χ2v) is 11.2. The van der Waals surface area contributed by atoms with E-state index in [1.807, 2.05) is 19.9 Å². The van der Waals surface area contributed by atoms with Gasteiger partial charge in [0.1, 0.15) is 5.00 Å². The molecule has 178 valence electrons. The van der Waals surface area contributed by atoms with Gasteiger partial charge in [-0.2, -0.15) is 0 Å². The molecule has 0 saturated carbocycles. The highest BCUT2D eigenvalue weighted by Gasteiger charge is 2.28. The maximum Gasteiger partial charge on any atom is 0.341 e. The Balaban J connectivity index is 1.64. The van der Waals surface area contributed by atoms with Gasteiger partial charge < -0.3 is 10.1 Å². The smallest absolute Gasteiger partial charge is 0.341 e. The third kappa shape index (κ3) is 4.71. The summed E-state index contributed by atoms with van der Waals surface area (Å²) in [5.74, 6) is -0.979. The van der Waals surface area contributed by atoms with Crippen molar-refractivity contribution < 1.29 is 22.7 Å². The number of anilines is 2. The standard InChI is InChI=1S/C25H26N2O5S2/c1-14-10-15(2)12-18(11-14)27-34(30,31)21-13-17(9-8-16(21)3)23(28)26-24-22(25(29)32-4)19-6-5-7-20(19)33-24/h8-13,27H,5-7H2,1-4H3,(H,26,28). The molecule has 0 spiro atoms. The number of hydrogen-bond donors (Lipinski definition) is 2. The van der Waals surface area contributed by atoms with E-state index in [1.165, 1.54) is 24.5 Å². The zero-order valence-electron chi connectivity index (χ0n) is 19.4. The highest BCUT2D eigenvalue weighted by Crippen LogP contribution is 2.39. The van der Waals surface area contributed by atoms with Crippen molar-refractivity contribution in [2.75, 3.05) is 17.1 Å². The second kappa shape index (κ2) is 9.23. The van der Waals surface area contributed by atoms with Crippen molar-refractivity contribution in [3.8, 4) is 0 Å². The van der Waals surface area contributed by atoms with Crippen LogP contribution in [0.3, 0.4) is 0 Å². The summed E-state index contributed by atoms with van der Waals surface area (Å²) in [4.78, 5) is 26.5. The normalized spacial score (nSPS) is 12.8. The van der Waals surface area contributed by atoms with Crippen LogP contribution in [0.4, 0.5) is 10.7 Å². The molecule has 0 saturated heterocycles. The fourth-order valence-electron chi connectivity index (χ4n) is 4.26. The highest BCUT2D eigenvalue weighted by molar-refractivity contribution is 7.92. The van der Waals surface area contributed by atoms with Gasteiger partial charge >= 0.3 is 5.97 Å². The molecule has 9 heteroatoms. The Hall–Kier alpha value is -3.17. The Morgan fingerprint density at radius 3 is 2.38 bits per heavy atom. The fourth-order valence-corrected chi connectivity index (χ4v) is 6.84. The summed E-state index contributed by atoms with van der Waals surface area (Å²) in [6.45, 7) is 5.46. The third-order valence-corrected chi connectivity index (χ3v) is 8.48. The third-order valence-electron chi connectivity index (χ3n) is 5.75. The summed E-state index contributed by atoms with van der Waals surface area (Å²) in [6, 6.07) is 9.98. The number of carbonyl (C=O) groups excluding carboxylic acids is 2. The average molecular weight is 499 g/mol. The van der Waals surface area contributed by atoms with E-state index >= 15 is 0 Å². The number of sulfonamides is 1. The molecule has 0 fully saturated rings. The molecule has 34 heavy (non-hydrogen) atoms. The number of rotatable bonds is 6. The lowest BCUT2D eigenvalue weighted by Crippen LogP contribution is -2.18. The molecular weight excluding hydrogens is 472 g/mol. The lowest BCUT2D eigenvalue weighted by atomic mass is 10.1. The summed E-state index contributed by atoms with van der Waals surface area (Å²) < 4.78 is 33.8. The van der Waals surface area contributed by atoms with E-state index in [1.54, 1.807) is 31.2 Å². The first-order valence-electron chi connectivity index (χ1n) is 10.8. The molecule has 0 aliphatic heterocycles. The molecule has 0 radical (unpaired) electrons. The first-order chi connectivity index (χ1) is 16.1. The number of nitrogens with one attached hydrogen (secondary N) is 2. The minimum Gasteiger partial charge on any atom is -0.465 e. The lowest BCUT2D eigenvalue weighted by Gasteiger charge is -2.13. The van der Waals surface area contributed by atoms with E-state index in [0.717, 1.165) is 40.8 Å². The first kappa shape index (κ1) is 24.0. The van der Waals surface area contributed by atoms with Gasteiger partial charge in [0.05, 0.1) is 17.6 Å². The predicted octanol–water partition coefficient (Wildman–Crippen LogP) is 5.00. The van der Waals surface area contributed by atoms with Crippen molar-refractivity contribution in [2.24, 2.45) is 0 Å². The van der Waals surface area contributed by atoms with Crippen molar-refractivity contribution in [2.45, 2.75) is 44.9 Å². The number of ether oxygens (including phenoxy) is 1. The zero-order chi connectivity index (χ0) is 24.6. The molecule has 1 amide bonds. The van der Waals surface area contributed by atoms with E-state index in [9.17, 15) is 18.0 Å². The van der Waals surface area contributed by atoms with Crippen molar-refractivity contribution in [1.82, 2.24) is 0 Å². The zero-order valence-corrected chi connectivity index (χ0v) is 21.1. The van der Waals surface area contributed by atoms with Crippen LogP contribution in [-0.2, 0) is 27.6 Å². The van der Waals surface area contributed by atoms with Gasteiger partial charge in [-0.15, -0.1) is 11.3 Å². The Bertz CT molecular complexity index is 1390. The summed E-state index contributed by atoms with van der Waals surface area (Å²) in [6.07, 6.45) is 2.59. The van der Waals surface area contributed by atoms with E-state index < -0.39 is 21.9 Å². The number of fused-ring (bicyclic) bond motifs is 1. The maximum atomic E-state index is 13.2. The molecular formula is C25H26N2O5S2. The Morgan fingerprint density at radius 1 is 1.00 bits per heavy atom. The summed E-state index contributed by atoms with van der Waals surface area (Å²) in [7, 11) is -2.62. The predicted molar refractivity (Wildman–Crippen MR) is 134 cm³/mol. The van der Waals surface area contributed by atoms with E-state index in [2.05, 4.69) is 10.0 Å². The molecule has 3 aromatic rings. The van der Waals surface area contributed by atoms with Gasteiger partial charge in [0.25, 0.3) is 15.9 Å². The number of benzene rings is 2. The van der Waals surface area contributed by atoms with Crippen LogP contribution < -0.4 is 10.0 Å². The minimum absolute atomic E-state index is 0.0150. The van der Waals surface area contributed by atoms with E-state index in [4.69, 9.17) is 4.74 Å². The van der Waals surface area contributed by atoms with Gasteiger partial charge in [0.2, 0.25) is 0 Å². The molecule has 2 aromatic carbocycles. The highest BCUT2D eigenvalue weighted by atomic mass is 32.2. The number of methoxy groups -OCH3 is 1. The molecule has 1 aliphatic rings. The van der Waals surface area contributed by atoms with Gasteiger partial charge in [0, 0.05) is 16.1 Å². The average Bonchev–Trinajstić information content (AvgIpc) is 3.33. The van der Waals surface area contributed by atoms with Crippen molar-refractivity contribution in [3.63, 3.8) is 0 Å². The fraction of sp³-hybridized carbons (Fsp3) is 0.280. The number of thiophene rings is 1. The summed E-state index contributed by atoms with van der Waals surface area (Å²) in [5, 5.41) is 3.23. The molecule has 0 unspecified atom stereocenters. The largest absolute Gasteiger partial charge is 0.465 e. The van der Waals surface area contributed by atoms with Crippen LogP contribution in [0.2, 0.25) is 0 Å². The number of aryl methyl sites for hydroxylation is 4. The SMILES string of the molecule is COC(=O)c1c(NC(=O)c2ccc(C)c(S(=O)(=O)Nc3cc(C)cc(C)c3)c2)sc2c1CCC2. The number of carbonyl (C=O) groups is 2. The van der Waals surface area contributed by atoms with Crippen LogP contribution in [0.1, 0.15) is 54.3 Å². The molecule has 1 aliphatic carbocycles. The second-order valence-electron chi connectivity index (χ2n) is 8.47. The molecule has 2 N–H and O–H groups in total. The summed E-state index contributed by atoms with van der Waals surface area (Å²) in [5.41, 5.74) is 4.34. The van der Waals surface area contributed by atoms with E-state index in [-0.39, 0.29) is 10.5 Å². The topological polar surface area (TPSA) is 102 Å². The van der Waals surface area contributed by atoms with E-state index in [0.29, 0.717) is 21.8 Å².